The number of rotatable bonds is 0. The minimum absolute atomic E-state index is 0.279. The van der Waals surface area contributed by atoms with Crippen LogP contribution < -0.4 is 11.2 Å². The van der Waals surface area contributed by atoms with Crippen LogP contribution in [0.25, 0.3) is 10.9 Å². The van der Waals surface area contributed by atoms with E-state index < -0.39 is 5.69 Å². The average Bonchev–Trinajstić information content (AvgIpc) is 2.17. The fraction of sp³-hybridized carbons (Fsp3) is 0.200. The molecule has 1 aromatic heterocycles. The highest BCUT2D eigenvalue weighted by molar-refractivity contribution is 9.10. The molecule has 4 nitrogen and oxygen atoms in total. The molecule has 0 aliphatic carbocycles. The van der Waals surface area contributed by atoms with Crippen LogP contribution in [-0.2, 0) is 7.05 Å². The Balaban J connectivity index is 3.13. The van der Waals surface area contributed by atoms with Crippen LogP contribution in [0.4, 0.5) is 0 Å². The van der Waals surface area contributed by atoms with Gasteiger partial charge in [0.2, 0.25) is 0 Å². The van der Waals surface area contributed by atoms with Crippen LogP contribution in [0.3, 0.4) is 0 Å². The minimum Gasteiger partial charge on any atom is -0.306 e. The molecule has 0 saturated heterocycles. The van der Waals surface area contributed by atoms with Gasteiger partial charge in [-0.15, -0.1) is 0 Å². The molecule has 0 atom stereocenters. The third-order valence-corrected chi connectivity index (χ3v) is 2.83. The highest BCUT2D eigenvalue weighted by atomic mass is 79.9. The summed E-state index contributed by atoms with van der Waals surface area (Å²) in [4.78, 5) is 25.8. The zero-order valence-corrected chi connectivity index (χ0v) is 9.88. The third-order valence-electron chi connectivity index (χ3n) is 2.37. The van der Waals surface area contributed by atoms with Gasteiger partial charge in [0, 0.05) is 11.5 Å². The zero-order chi connectivity index (χ0) is 11.2. The summed E-state index contributed by atoms with van der Waals surface area (Å²) in [5.74, 6) is 0. The van der Waals surface area contributed by atoms with E-state index in [4.69, 9.17) is 0 Å². The van der Waals surface area contributed by atoms with Crippen LogP contribution in [0.5, 0.6) is 0 Å². The molecule has 1 heterocycles. The summed E-state index contributed by atoms with van der Waals surface area (Å²) in [6.45, 7) is 1.85. The maximum atomic E-state index is 11.8. The first-order valence-electron chi connectivity index (χ1n) is 4.40. The number of aromatic amines is 1. The van der Waals surface area contributed by atoms with Gasteiger partial charge in [-0.3, -0.25) is 9.36 Å². The second kappa shape index (κ2) is 3.34. The van der Waals surface area contributed by atoms with Crippen molar-refractivity contribution in [3.8, 4) is 0 Å². The number of halogens is 1. The minimum atomic E-state index is -0.391. The van der Waals surface area contributed by atoms with Crippen molar-refractivity contribution in [3.63, 3.8) is 0 Å². The fourth-order valence-electron chi connectivity index (χ4n) is 1.54. The van der Waals surface area contributed by atoms with Gasteiger partial charge in [-0.25, -0.2) is 4.79 Å². The molecule has 0 aliphatic heterocycles. The van der Waals surface area contributed by atoms with E-state index in [1.165, 1.54) is 7.05 Å². The van der Waals surface area contributed by atoms with E-state index in [1.54, 1.807) is 6.07 Å². The number of hydrogen-bond acceptors (Lipinski definition) is 2. The van der Waals surface area contributed by atoms with E-state index in [0.29, 0.717) is 10.9 Å². The largest absolute Gasteiger partial charge is 0.328 e. The Morgan fingerprint density at radius 1 is 1.33 bits per heavy atom. The molecule has 0 bridgehead atoms. The molecule has 0 saturated carbocycles. The quantitative estimate of drug-likeness (QED) is 0.783. The Bertz CT molecular complexity index is 655. The summed E-state index contributed by atoms with van der Waals surface area (Å²) in [5, 5.41) is 0.518. The first-order valence-corrected chi connectivity index (χ1v) is 5.19. The predicted octanol–water partition coefficient (Wildman–Crippen LogP) is 1.30. The van der Waals surface area contributed by atoms with Crippen LogP contribution >= 0.6 is 15.9 Å². The van der Waals surface area contributed by atoms with Gasteiger partial charge in [-0.1, -0.05) is 15.9 Å². The smallest absolute Gasteiger partial charge is 0.306 e. The van der Waals surface area contributed by atoms with Gasteiger partial charge < -0.3 is 4.98 Å². The topological polar surface area (TPSA) is 54.9 Å². The highest BCUT2D eigenvalue weighted by Gasteiger charge is 2.07. The lowest BCUT2D eigenvalue weighted by Crippen LogP contribution is -2.32. The van der Waals surface area contributed by atoms with Crippen molar-refractivity contribution in [1.29, 1.82) is 0 Å². The van der Waals surface area contributed by atoms with Crippen molar-refractivity contribution >= 4 is 26.8 Å². The number of nitrogens with zero attached hydrogens (tertiary/aromatic N) is 1. The van der Waals surface area contributed by atoms with E-state index in [-0.39, 0.29) is 5.56 Å². The standard InChI is InChI=1S/C10H9BrN2O2/c1-5-3-6(11)4-7-8(5)12-10(15)13(2)9(7)14/h3-4H,1-2H3,(H,12,15). The van der Waals surface area contributed by atoms with Crippen molar-refractivity contribution < 1.29 is 0 Å². The molecule has 5 heteroatoms. The first-order chi connectivity index (χ1) is 7.00. The van der Waals surface area contributed by atoms with Crippen molar-refractivity contribution in [2.24, 2.45) is 7.05 Å². The molecule has 2 rings (SSSR count). The van der Waals surface area contributed by atoms with E-state index >= 15 is 0 Å². The average molecular weight is 269 g/mol. The first kappa shape index (κ1) is 10.2. The molecule has 0 spiro atoms. The SMILES string of the molecule is Cc1cc(Br)cc2c(=O)n(C)c(=O)[nH]c12. The normalized spacial score (nSPS) is 10.9. The summed E-state index contributed by atoms with van der Waals surface area (Å²) in [6.07, 6.45) is 0. The van der Waals surface area contributed by atoms with Gasteiger partial charge in [0.15, 0.2) is 0 Å². The fourth-order valence-corrected chi connectivity index (χ4v) is 2.11. The number of benzene rings is 1. The van der Waals surface area contributed by atoms with Crippen LogP contribution in [-0.4, -0.2) is 9.55 Å². The number of aryl methyl sites for hydroxylation is 1. The van der Waals surface area contributed by atoms with Gasteiger partial charge in [0.05, 0.1) is 10.9 Å². The van der Waals surface area contributed by atoms with Crippen LogP contribution in [0, 0.1) is 6.92 Å². The van der Waals surface area contributed by atoms with E-state index in [1.807, 2.05) is 13.0 Å². The Hall–Kier alpha value is -1.36. The lowest BCUT2D eigenvalue weighted by Gasteiger charge is -2.04. The van der Waals surface area contributed by atoms with Gasteiger partial charge in [-0.2, -0.15) is 0 Å². The van der Waals surface area contributed by atoms with E-state index in [2.05, 4.69) is 20.9 Å². The van der Waals surface area contributed by atoms with Gasteiger partial charge in [0.1, 0.15) is 0 Å². The summed E-state index contributed by atoms with van der Waals surface area (Å²) in [5.41, 5.74) is 0.802. The second-order valence-corrected chi connectivity index (χ2v) is 4.36. The van der Waals surface area contributed by atoms with E-state index in [9.17, 15) is 9.59 Å². The Kier molecular flexibility index (Phi) is 2.26. The summed E-state index contributed by atoms with van der Waals surface area (Å²) in [6, 6.07) is 3.57. The second-order valence-electron chi connectivity index (χ2n) is 3.44. The number of H-pyrrole nitrogens is 1. The van der Waals surface area contributed by atoms with Crippen LogP contribution in [0.15, 0.2) is 26.2 Å². The van der Waals surface area contributed by atoms with Crippen molar-refractivity contribution in [1.82, 2.24) is 9.55 Å². The summed E-state index contributed by atoms with van der Waals surface area (Å²) >= 11 is 3.32. The van der Waals surface area contributed by atoms with Crippen LogP contribution in [0.2, 0.25) is 0 Å². The van der Waals surface area contributed by atoms with E-state index in [0.717, 1.165) is 14.6 Å². The number of aromatic nitrogens is 2. The molecule has 0 amide bonds. The van der Waals surface area contributed by atoms with Crippen LogP contribution in [0.1, 0.15) is 5.56 Å². The Morgan fingerprint density at radius 3 is 2.67 bits per heavy atom. The molecule has 78 valence electrons. The predicted molar refractivity (Wildman–Crippen MR) is 62.2 cm³/mol. The lowest BCUT2D eigenvalue weighted by molar-refractivity contribution is 0.793. The number of fused-ring (bicyclic) bond motifs is 1. The Morgan fingerprint density at radius 2 is 2.00 bits per heavy atom. The maximum Gasteiger partial charge on any atom is 0.328 e. The molecule has 15 heavy (non-hydrogen) atoms. The molecule has 0 unspecified atom stereocenters. The lowest BCUT2D eigenvalue weighted by atomic mass is 10.1. The monoisotopic (exact) mass is 268 g/mol. The molecule has 2 aromatic rings. The molecule has 1 aromatic carbocycles. The van der Waals surface area contributed by atoms with Gasteiger partial charge in [-0.05, 0) is 24.6 Å². The number of nitrogens with one attached hydrogen (secondary N) is 1. The van der Waals surface area contributed by atoms with Gasteiger partial charge >= 0.3 is 5.69 Å². The third kappa shape index (κ3) is 1.52. The van der Waals surface area contributed by atoms with Gasteiger partial charge in [0.25, 0.3) is 5.56 Å². The van der Waals surface area contributed by atoms with Crippen molar-refractivity contribution in [3.05, 3.63) is 43.0 Å². The molecular formula is C10H9BrN2O2. The van der Waals surface area contributed by atoms with Crippen molar-refractivity contribution in [2.45, 2.75) is 6.92 Å². The van der Waals surface area contributed by atoms with Crippen molar-refractivity contribution in [2.75, 3.05) is 0 Å². The number of hydrogen-bond donors (Lipinski definition) is 1. The summed E-state index contributed by atoms with van der Waals surface area (Å²) in [7, 11) is 1.46. The molecular weight excluding hydrogens is 260 g/mol. The highest BCUT2D eigenvalue weighted by Crippen LogP contribution is 2.18. The Labute approximate surface area is 93.7 Å². The summed E-state index contributed by atoms with van der Waals surface area (Å²) < 4.78 is 1.89. The maximum absolute atomic E-state index is 11.8. The molecule has 0 radical (unpaired) electrons. The molecule has 0 aliphatic rings. The molecule has 0 fully saturated rings. The molecule has 1 N–H and O–H groups in total. The zero-order valence-electron chi connectivity index (χ0n) is 8.30.